The van der Waals surface area contributed by atoms with E-state index in [9.17, 15) is 0 Å². The maximum absolute atomic E-state index is 7.44. The fourth-order valence-electron chi connectivity index (χ4n) is 11.2. The minimum Gasteiger partial charge on any atom is -0.468 e. The third kappa shape index (κ3) is 6.63. The van der Waals surface area contributed by atoms with E-state index < -0.39 is 0 Å². The van der Waals surface area contributed by atoms with Gasteiger partial charge in [-0.25, -0.2) is 0 Å². The van der Waals surface area contributed by atoms with Crippen LogP contribution in [0, 0.1) is 6.92 Å². The van der Waals surface area contributed by atoms with Crippen LogP contribution in [0.2, 0.25) is 0 Å². The molecule has 0 N–H and O–H groups in total. The molecule has 0 fully saturated rings. The highest BCUT2D eigenvalue weighted by Crippen LogP contribution is 2.53. The Morgan fingerprint density at radius 2 is 1.08 bits per heavy atom. The number of anilines is 9. The first-order valence-electron chi connectivity index (χ1n) is 24.0. The molecule has 66 heavy (non-hydrogen) atoms. The van der Waals surface area contributed by atoms with Crippen molar-refractivity contribution in [1.29, 1.82) is 0 Å². The predicted molar refractivity (Wildman–Crippen MR) is 282 cm³/mol. The minimum absolute atomic E-state index is 0.00478. The van der Waals surface area contributed by atoms with E-state index >= 15 is 0 Å². The molecule has 0 spiro atoms. The summed E-state index contributed by atoms with van der Waals surface area (Å²) in [6, 6.07) is 57.0. The maximum Gasteiger partial charge on any atom is 0.297 e. The van der Waals surface area contributed by atoms with Gasteiger partial charge in [-0.3, -0.25) is 0 Å². The average molecular weight is 864 g/mol. The third-order valence-electron chi connectivity index (χ3n) is 15.1. The molecule has 1 aliphatic carbocycles. The smallest absolute Gasteiger partial charge is 0.297 e. The van der Waals surface area contributed by atoms with Gasteiger partial charge in [-0.05, 0) is 153 Å². The molecular formula is C61H62BN3O. The van der Waals surface area contributed by atoms with Crippen LogP contribution in [-0.4, -0.2) is 6.71 Å². The zero-order chi connectivity index (χ0) is 46.1. The van der Waals surface area contributed by atoms with Gasteiger partial charge in [0, 0.05) is 45.2 Å². The Morgan fingerprint density at radius 3 is 1.67 bits per heavy atom. The van der Waals surface area contributed by atoms with Gasteiger partial charge in [0.1, 0.15) is 5.58 Å². The predicted octanol–water partition coefficient (Wildman–Crippen LogP) is 15.2. The van der Waals surface area contributed by atoms with E-state index in [4.69, 9.17) is 4.42 Å². The molecule has 11 rings (SSSR count). The first kappa shape index (κ1) is 42.2. The highest BCUT2D eigenvalue weighted by atomic mass is 16.3. The molecule has 0 saturated heterocycles. The zero-order valence-corrected chi connectivity index (χ0v) is 40.7. The van der Waals surface area contributed by atoms with Crippen molar-refractivity contribution in [3.05, 3.63) is 179 Å². The summed E-state index contributed by atoms with van der Waals surface area (Å²) < 4.78 is 7.44. The molecule has 3 heterocycles. The number of aryl methyl sites for hydroxylation is 1. The molecule has 5 heteroatoms. The zero-order valence-electron chi connectivity index (χ0n) is 40.7. The Bertz CT molecular complexity index is 3150. The molecule has 0 saturated carbocycles. The lowest BCUT2D eigenvalue weighted by Crippen LogP contribution is -2.61. The van der Waals surface area contributed by atoms with Gasteiger partial charge in [-0.2, -0.15) is 0 Å². The molecule has 4 nitrogen and oxygen atoms in total. The van der Waals surface area contributed by atoms with Gasteiger partial charge in [0.05, 0.1) is 17.0 Å². The molecule has 2 aliphatic heterocycles. The Labute approximate surface area is 393 Å². The molecular weight excluding hydrogens is 802 g/mol. The first-order valence-corrected chi connectivity index (χ1v) is 24.0. The quantitative estimate of drug-likeness (QED) is 0.161. The molecule has 0 amide bonds. The van der Waals surface area contributed by atoms with Gasteiger partial charge in [-0.1, -0.05) is 148 Å². The van der Waals surface area contributed by atoms with Crippen molar-refractivity contribution < 1.29 is 4.42 Å². The number of hydrogen-bond acceptors (Lipinski definition) is 4. The van der Waals surface area contributed by atoms with Crippen molar-refractivity contribution in [2.75, 3.05) is 14.7 Å². The van der Waals surface area contributed by atoms with Crippen molar-refractivity contribution in [2.45, 2.75) is 111 Å². The van der Waals surface area contributed by atoms with Crippen LogP contribution >= 0.6 is 0 Å². The highest BCUT2D eigenvalue weighted by molar-refractivity contribution is 7.00. The maximum atomic E-state index is 7.44. The highest BCUT2D eigenvalue weighted by Gasteiger charge is 2.49. The van der Waals surface area contributed by atoms with Crippen molar-refractivity contribution in [3.63, 3.8) is 0 Å². The number of hydrogen-bond donors (Lipinski definition) is 0. The number of nitrogens with zero attached hydrogens (tertiary/aromatic N) is 3. The van der Waals surface area contributed by atoms with Crippen LogP contribution < -0.4 is 31.3 Å². The monoisotopic (exact) mass is 863 g/mol. The first-order chi connectivity index (χ1) is 31.4. The summed E-state index contributed by atoms with van der Waals surface area (Å²) in [5.41, 5.74) is 21.4. The lowest BCUT2D eigenvalue weighted by atomic mass is 9.35. The van der Waals surface area contributed by atoms with Gasteiger partial charge in [-0.15, -0.1) is 0 Å². The summed E-state index contributed by atoms with van der Waals surface area (Å²) in [5, 5.41) is 1.14. The van der Waals surface area contributed by atoms with Gasteiger partial charge >= 0.3 is 0 Å². The summed E-state index contributed by atoms with van der Waals surface area (Å²) >= 11 is 0. The van der Waals surface area contributed by atoms with Gasteiger partial charge in [0.15, 0.2) is 0 Å². The second-order valence-electron chi connectivity index (χ2n) is 22.6. The minimum atomic E-state index is -0.169. The summed E-state index contributed by atoms with van der Waals surface area (Å²) in [7, 11) is 0. The lowest BCUT2D eigenvalue weighted by Gasteiger charge is -2.47. The summed E-state index contributed by atoms with van der Waals surface area (Å²) in [6.45, 7) is 25.7. The summed E-state index contributed by atoms with van der Waals surface area (Å²) in [4.78, 5) is 7.57. The van der Waals surface area contributed by atoms with E-state index in [-0.39, 0.29) is 28.4 Å². The second kappa shape index (κ2) is 14.8. The van der Waals surface area contributed by atoms with E-state index in [1.807, 2.05) is 0 Å². The van der Waals surface area contributed by atoms with E-state index in [0.717, 1.165) is 69.3 Å². The molecule has 0 atom stereocenters. The molecule has 0 bridgehead atoms. The van der Waals surface area contributed by atoms with Crippen molar-refractivity contribution >= 4 is 85.5 Å². The fraction of sp³-hybridized carbons (Fsp3) is 0.279. The number of rotatable bonds is 5. The van der Waals surface area contributed by atoms with E-state index in [1.165, 1.54) is 50.1 Å². The van der Waals surface area contributed by atoms with Crippen molar-refractivity contribution in [2.24, 2.45) is 0 Å². The van der Waals surface area contributed by atoms with Crippen LogP contribution in [0.1, 0.15) is 110 Å². The van der Waals surface area contributed by atoms with Gasteiger partial charge < -0.3 is 19.1 Å². The molecule has 1 aromatic heterocycles. The topological polar surface area (TPSA) is 22.9 Å². The number of furan rings is 1. The van der Waals surface area contributed by atoms with E-state index in [2.05, 4.69) is 243 Å². The van der Waals surface area contributed by atoms with Crippen LogP contribution in [0.4, 0.5) is 51.2 Å². The van der Waals surface area contributed by atoms with Gasteiger partial charge in [0.2, 0.25) is 0 Å². The van der Waals surface area contributed by atoms with E-state index in [0.29, 0.717) is 0 Å². The SMILES string of the molecule is Cc1ccccc1N1c2cc3c(cc2B2c4oc5ccc(C(C)(C)C)cc5c4N(c4ccc(C(C)(C)C)cc4)c4cc(N(c5ccccc5)c5ccccc5)cc1c42)C(C)(C)CCC3(C)C. The standard InChI is InChI=1S/C61H62BN3O/c1-39-20-18-19-25-50(39)65-51-38-48-47(60(8,9)32-33-61(48,10)11)37-49(51)62-55-52(35-45(36-53(55)65)63(42-21-14-12-15-22-42)43-23-16-13-17-24-43)64(44-29-26-40(27-30-44)58(2,3)4)56-46-34-41(59(5,6)7)28-31-54(46)66-57(56)62/h12-31,34-38H,32-33H2,1-11H3. The van der Waals surface area contributed by atoms with E-state index in [1.54, 1.807) is 0 Å². The van der Waals surface area contributed by atoms with Crippen LogP contribution in [0.15, 0.2) is 156 Å². The van der Waals surface area contributed by atoms with Crippen LogP contribution in [0.25, 0.3) is 11.0 Å². The molecule has 3 aliphatic rings. The summed E-state index contributed by atoms with van der Waals surface area (Å²) in [5.74, 6) is 0. The normalized spacial score (nSPS) is 15.8. The molecule has 0 radical (unpaired) electrons. The van der Waals surface area contributed by atoms with Crippen molar-refractivity contribution in [1.82, 2.24) is 0 Å². The Balaban J connectivity index is 1.32. The average Bonchev–Trinajstić information content (AvgIpc) is 3.67. The Hall–Kier alpha value is -6.46. The molecule has 7 aromatic carbocycles. The molecule has 8 aromatic rings. The lowest BCUT2D eigenvalue weighted by molar-refractivity contribution is 0.332. The van der Waals surface area contributed by atoms with Crippen molar-refractivity contribution in [3.8, 4) is 0 Å². The third-order valence-corrected chi connectivity index (χ3v) is 15.1. The van der Waals surface area contributed by atoms with Crippen LogP contribution in [-0.2, 0) is 21.7 Å². The fourth-order valence-corrected chi connectivity index (χ4v) is 11.2. The number of benzene rings is 7. The molecule has 330 valence electrons. The van der Waals surface area contributed by atoms with Crippen LogP contribution in [0.3, 0.4) is 0 Å². The molecule has 0 unspecified atom stereocenters. The Morgan fingerprint density at radius 1 is 0.530 bits per heavy atom. The Kier molecular flexibility index (Phi) is 9.45. The number of para-hydroxylation sites is 3. The second-order valence-corrected chi connectivity index (χ2v) is 22.6. The summed E-state index contributed by atoms with van der Waals surface area (Å²) in [6.07, 6.45) is 2.28. The van der Waals surface area contributed by atoms with Crippen LogP contribution in [0.5, 0.6) is 0 Å². The number of fused-ring (bicyclic) bond motifs is 7. The largest absolute Gasteiger partial charge is 0.468 e. The van der Waals surface area contributed by atoms with Gasteiger partial charge in [0.25, 0.3) is 6.71 Å².